The number of carbonyl (C=O) groups is 1. The minimum Gasteiger partial charge on any atom is -0.393 e. The van der Waals surface area contributed by atoms with Crippen molar-refractivity contribution in [1.82, 2.24) is 0 Å². The lowest BCUT2D eigenvalue weighted by Gasteiger charge is -2.58. The maximum absolute atomic E-state index is 12.3. The Morgan fingerprint density at radius 2 is 1.87 bits per heavy atom. The van der Waals surface area contributed by atoms with E-state index in [4.69, 9.17) is 0 Å². The molecule has 3 saturated carbocycles. The summed E-state index contributed by atoms with van der Waals surface area (Å²) in [7, 11) is 0. The molecule has 3 rings (SSSR count). The van der Waals surface area contributed by atoms with Gasteiger partial charge in [0, 0.05) is 11.8 Å². The first-order valence-corrected chi connectivity index (χ1v) is 9.86. The number of hydrogen-bond donors (Lipinski definition) is 2. The number of hydrogen-bond acceptors (Lipinski definition) is 3. The third kappa shape index (κ3) is 3.00. The summed E-state index contributed by atoms with van der Waals surface area (Å²) in [5, 5.41) is 21.0. The average molecular weight is 322 g/mol. The van der Waals surface area contributed by atoms with Crippen LogP contribution < -0.4 is 0 Å². The summed E-state index contributed by atoms with van der Waals surface area (Å²) in [5.74, 6) is 1.80. The summed E-state index contributed by atoms with van der Waals surface area (Å²) in [6.07, 6.45) is 9.58. The Hall–Kier alpha value is -0.410. The Bertz CT molecular complexity index is 427. The average Bonchev–Trinajstić information content (AvgIpc) is 2.54. The first-order valence-electron chi connectivity index (χ1n) is 9.86. The Balaban J connectivity index is 1.61. The van der Waals surface area contributed by atoms with E-state index >= 15 is 0 Å². The summed E-state index contributed by atoms with van der Waals surface area (Å²) in [5.41, 5.74) is -0.167. The SMILES string of the molecule is CC(C)[C@@]12CC[C@H](O)[C@@H](CC[C@@H](O)C3CCCCC3)[C@@H]1CC2=O. The van der Waals surface area contributed by atoms with Crippen LogP contribution in [0.25, 0.3) is 0 Å². The van der Waals surface area contributed by atoms with Crippen LogP contribution in [0, 0.1) is 29.1 Å². The zero-order valence-electron chi connectivity index (χ0n) is 14.8. The van der Waals surface area contributed by atoms with Gasteiger partial charge < -0.3 is 10.2 Å². The fourth-order valence-corrected chi connectivity index (χ4v) is 5.92. The van der Waals surface area contributed by atoms with Gasteiger partial charge >= 0.3 is 0 Å². The number of aliphatic hydroxyl groups is 2. The molecule has 0 unspecified atom stereocenters. The van der Waals surface area contributed by atoms with Crippen molar-refractivity contribution in [2.45, 2.75) is 90.3 Å². The number of fused-ring (bicyclic) bond motifs is 1. The fourth-order valence-electron chi connectivity index (χ4n) is 5.92. The van der Waals surface area contributed by atoms with Gasteiger partial charge in [0.1, 0.15) is 5.78 Å². The third-order valence-electron chi connectivity index (χ3n) is 7.47. The molecule has 3 aliphatic carbocycles. The molecule has 5 atom stereocenters. The highest BCUT2D eigenvalue weighted by molar-refractivity contribution is 5.92. The molecule has 3 heteroatoms. The van der Waals surface area contributed by atoms with Crippen LogP contribution in [-0.2, 0) is 4.79 Å². The lowest BCUT2D eigenvalue weighted by molar-refractivity contribution is -0.173. The van der Waals surface area contributed by atoms with Crippen molar-refractivity contribution in [3.8, 4) is 0 Å². The molecule has 132 valence electrons. The van der Waals surface area contributed by atoms with Crippen LogP contribution in [0.1, 0.15) is 78.1 Å². The fraction of sp³-hybridized carbons (Fsp3) is 0.950. The van der Waals surface area contributed by atoms with Gasteiger partial charge in [0.25, 0.3) is 0 Å². The monoisotopic (exact) mass is 322 g/mol. The first-order chi connectivity index (χ1) is 11.0. The first kappa shape index (κ1) is 17.4. The number of rotatable bonds is 5. The number of carbonyl (C=O) groups excluding carboxylic acids is 1. The van der Waals surface area contributed by atoms with Gasteiger partial charge in [0.15, 0.2) is 0 Å². The van der Waals surface area contributed by atoms with Crippen LogP contribution in [0.4, 0.5) is 0 Å². The summed E-state index contributed by atoms with van der Waals surface area (Å²) >= 11 is 0. The van der Waals surface area contributed by atoms with Gasteiger partial charge in [0.2, 0.25) is 0 Å². The van der Waals surface area contributed by atoms with Crippen LogP contribution in [0.3, 0.4) is 0 Å². The standard InChI is InChI=1S/C20H34O3/c1-13(2)20-11-10-18(22)15(16(20)12-19(20)23)8-9-17(21)14-6-4-3-5-7-14/h13-18,21-22H,3-12H2,1-2H3/t15-,16-,17+,18-,20-/m0/s1. The number of aliphatic hydroxyl groups excluding tert-OH is 2. The summed E-state index contributed by atoms with van der Waals surface area (Å²) in [6.45, 7) is 4.32. The second-order valence-corrected chi connectivity index (χ2v) is 8.74. The Morgan fingerprint density at radius 1 is 1.17 bits per heavy atom. The van der Waals surface area contributed by atoms with Crippen molar-refractivity contribution >= 4 is 5.78 Å². The highest BCUT2D eigenvalue weighted by Crippen LogP contribution is 2.60. The quantitative estimate of drug-likeness (QED) is 0.811. The van der Waals surface area contributed by atoms with Gasteiger partial charge in [0.05, 0.1) is 12.2 Å². The van der Waals surface area contributed by atoms with Gasteiger partial charge in [-0.1, -0.05) is 33.1 Å². The molecule has 0 aromatic carbocycles. The topological polar surface area (TPSA) is 57.5 Å². The molecule has 0 bridgehead atoms. The Kier molecular flexibility index (Phi) is 5.18. The second-order valence-electron chi connectivity index (χ2n) is 8.74. The predicted octanol–water partition coefficient (Wildman–Crippen LogP) is 3.71. The van der Waals surface area contributed by atoms with E-state index in [2.05, 4.69) is 13.8 Å². The molecule has 0 saturated heterocycles. The largest absolute Gasteiger partial charge is 0.393 e. The molecule has 3 aliphatic rings. The molecule has 0 aromatic heterocycles. The molecular formula is C20H34O3. The molecule has 0 radical (unpaired) electrons. The van der Waals surface area contributed by atoms with Crippen molar-refractivity contribution < 1.29 is 15.0 Å². The van der Waals surface area contributed by atoms with E-state index < -0.39 is 0 Å². The zero-order valence-corrected chi connectivity index (χ0v) is 14.8. The van der Waals surface area contributed by atoms with Crippen molar-refractivity contribution in [1.29, 1.82) is 0 Å². The van der Waals surface area contributed by atoms with Crippen LogP contribution in [-0.4, -0.2) is 28.2 Å². The Morgan fingerprint density at radius 3 is 2.48 bits per heavy atom. The molecule has 3 nitrogen and oxygen atoms in total. The van der Waals surface area contributed by atoms with Crippen molar-refractivity contribution in [2.75, 3.05) is 0 Å². The van der Waals surface area contributed by atoms with Gasteiger partial charge in [-0.25, -0.2) is 0 Å². The van der Waals surface area contributed by atoms with E-state index in [0.29, 0.717) is 30.0 Å². The minimum absolute atomic E-state index is 0.167. The molecule has 0 spiro atoms. The van der Waals surface area contributed by atoms with Gasteiger partial charge in [-0.3, -0.25) is 4.79 Å². The van der Waals surface area contributed by atoms with Crippen LogP contribution in [0.2, 0.25) is 0 Å². The van der Waals surface area contributed by atoms with E-state index in [0.717, 1.165) is 38.5 Å². The van der Waals surface area contributed by atoms with Gasteiger partial charge in [-0.05, 0) is 62.2 Å². The van der Waals surface area contributed by atoms with E-state index in [1.165, 1.54) is 19.3 Å². The van der Waals surface area contributed by atoms with Crippen molar-refractivity contribution in [3.63, 3.8) is 0 Å². The molecular weight excluding hydrogens is 288 g/mol. The second kappa shape index (κ2) is 6.84. The highest BCUT2D eigenvalue weighted by atomic mass is 16.3. The molecule has 3 fully saturated rings. The Labute approximate surface area is 140 Å². The molecule has 0 aliphatic heterocycles. The molecule has 0 heterocycles. The van der Waals surface area contributed by atoms with Crippen molar-refractivity contribution in [2.24, 2.45) is 29.1 Å². The molecule has 2 N–H and O–H groups in total. The van der Waals surface area contributed by atoms with Crippen LogP contribution in [0.15, 0.2) is 0 Å². The maximum Gasteiger partial charge on any atom is 0.139 e. The predicted molar refractivity (Wildman–Crippen MR) is 90.9 cm³/mol. The molecule has 23 heavy (non-hydrogen) atoms. The van der Waals surface area contributed by atoms with Crippen LogP contribution in [0.5, 0.6) is 0 Å². The minimum atomic E-state index is -0.279. The summed E-state index contributed by atoms with van der Waals surface area (Å²) in [4.78, 5) is 12.3. The third-order valence-corrected chi connectivity index (χ3v) is 7.47. The molecule has 0 aromatic rings. The van der Waals surface area contributed by atoms with E-state index in [1.807, 2.05) is 0 Å². The highest BCUT2D eigenvalue weighted by Gasteiger charge is 2.61. The summed E-state index contributed by atoms with van der Waals surface area (Å²) < 4.78 is 0. The number of ketones is 1. The number of Topliss-reactive ketones (excluding diaryl/α,β-unsaturated/α-hetero) is 1. The summed E-state index contributed by atoms with van der Waals surface area (Å²) in [6, 6.07) is 0. The zero-order chi connectivity index (χ0) is 16.6. The van der Waals surface area contributed by atoms with E-state index in [9.17, 15) is 15.0 Å². The lowest BCUT2D eigenvalue weighted by Crippen LogP contribution is -2.61. The van der Waals surface area contributed by atoms with E-state index in [1.54, 1.807) is 0 Å². The van der Waals surface area contributed by atoms with Crippen molar-refractivity contribution in [3.05, 3.63) is 0 Å². The van der Waals surface area contributed by atoms with Gasteiger partial charge in [-0.2, -0.15) is 0 Å². The van der Waals surface area contributed by atoms with Crippen LogP contribution >= 0.6 is 0 Å². The van der Waals surface area contributed by atoms with E-state index in [-0.39, 0.29) is 23.5 Å². The normalized spacial score (nSPS) is 39.9. The maximum atomic E-state index is 12.3. The smallest absolute Gasteiger partial charge is 0.139 e. The lowest BCUT2D eigenvalue weighted by atomic mass is 9.45. The van der Waals surface area contributed by atoms with Gasteiger partial charge in [-0.15, -0.1) is 0 Å². The molecule has 0 amide bonds.